The number of carboxylic acid groups (broad SMARTS) is 1. The average molecular weight is 760 g/mol. The van der Waals surface area contributed by atoms with Crippen molar-refractivity contribution >= 4 is 68.1 Å². The summed E-state index contributed by atoms with van der Waals surface area (Å²) in [6.45, 7) is 5.52. The minimum atomic E-state index is -0.710. The fourth-order valence-electron chi connectivity index (χ4n) is 7.07. The van der Waals surface area contributed by atoms with Crippen LogP contribution in [0.3, 0.4) is 0 Å². The number of methoxy groups -OCH3 is 1. The Morgan fingerprint density at radius 1 is 1.06 bits per heavy atom. The number of benzene rings is 3. The number of aryl methyl sites for hydroxylation is 1. The van der Waals surface area contributed by atoms with Crippen molar-refractivity contribution in [1.82, 2.24) is 25.5 Å². The molecule has 0 bridgehead atoms. The Balaban J connectivity index is 1.10. The highest BCUT2D eigenvalue weighted by atomic mass is 35.5. The molecule has 270 valence electrons. The number of nitrogens with one attached hydrogen (secondary N) is 3. The number of halogens is 2. The van der Waals surface area contributed by atoms with E-state index in [1.807, 2.05) is 48.5 Å². The summed E-state index contributed by atoms with van der Waals surface area (Å²) in [5.41, 5.74) is 6.92. The van der Waals surface area contributed by atoms with E-state index >= 15 is 0 Å². The number of likely N-dealkylation sites (tertiary alicyclic amines) is 1. The van der Waals surface area contributed by atoms with E-state index in [1.165, 1.54) is 0 Å². The van der Waals surface area contributed by atoms with E-state index < -0.39 is 5.97 Å². The maximum absolute atomic E-state index is 11.6. The third-order valence-electron chi connectivity index (χ3n) is 9.93. The molecule has 7 rings (SSSR count). The molecular weight excluding hydrogens is 719 g/mol. The van der Waals surface area contributed by atoms with Gasteiger partial charge in [-0.15, -0.1) is 11.3 Å². The van der Waals surface area contributed by atoms with Crippen LogP contribution in [-0.2, 0) is 22.7 Å². The summed E-state index contributed by atoms with van der Waals surface area (Å²) < 4.78 is 6.85. The minimum absolute atomic E-state index is 0.109. The molecule has 3 aromatic carbocycles. The number of thiazole rings is 1. The van der Waals surface area contributed by atoms with Crippen molar-refractivity contribution in [3.8, 4) is 28.0 Å². The molecular formula is C39H40Cl2N6O4S. The number of aliphatic carboxylic acids is 1. The van der Waals surface area contributed by atoms with Gasteiger partial charge in [-0.25, -0.2) is 9.97 Å². The zero-order valence-corrected chi connectivity index (χ0v) is 31.3. The van der Waals surface area contributed by atoms with Crippen molar-refractivity contribution in [3.05, 3.63) is 87.0 Å². The lowest BCUT2D eigenvalue weighted by Crippen LogP contribution is -2.35. The molecule has 52 heavy (non-hydrogen) atoms. The molecule has 2 fully saturated rings. The van der Waals surface area contributed by atoms with Gasteiger partial charge in [-0.3, -0.25) is 14.5 Å². The minimum Gasteiger partial charge on any atom is -0.496 e. The van der Waals surface area contributed by atoms with E-state index in [4.69, 9.17) is 32.9 Å². The second-order valence-electron chi connectivity index (χ2n) is 13.4. The van der Waals surface area contributed by atoms with Gasteiger partial charge >= 0.3 is 5.97 Å². The molecule has 1 atom stereocenters. The molecule has 10 nitrogen and oxygen atoms in total. The summed E-state index contributed by atoms with van der Waals surface area (Å²) >= 11 is 15.9. The number of aromatic nitrogens is 2. The van der Waals surface area contributed by atoms with Crippen molar-refractivity contribution in [2.45, 2.75) is 51.7 Å². The molecule has 2 aliphatic rings. The summed E-state index contributed by atoms with van der Waals surface area (Å²) in [5.74, 6) is 0.499. The van der Waals surface area contributed by atoms with Crippen molar-refractivity contribution in [3.63, 3.8) is 0 Å². The second-order valence-corrected chi connectivity index (χ2v) is 15.2. The van der Waals surface area contributed by atoms with Gasteiger partial charge in [0.2, 0.25) is 5.91 Å². The summed E-state index contributed by atoms with van der Waals surface area (Å²) in [4.78, 5) is 34.8. The first kappa shape index (κ1) is 36.1. The number of hydrogen-bond donors (Lipinski definition) is 4. The van der Waals surface area contributed by atoms with Gasteiger partial charge in [0, 0.05) is 54.0 Å². The van der Waals surface area contributed by atoms with Crippen LogP contribution in [0, 0.1) is 12.8 Å². The van der Waals surface area contributed by atoms with Gasteiger partial charge in [-0.1, -0.05) is 59.6 Å². The Bertz CT molecular complexity index is 2130. The smallest absolute Gasteiger partial charge is 0.306 e. The Hall–Kier alpha value is -4.26. The number of fused-ring (bicyclic) bond motifs is 1. The standard InChI is InChI=1S/C39H40Cl2N6O4S/c1-22-17-24(18-31(51-2)29(22)20-42-19-25-9-10-33(48)44-25)26-5-3-6-27(35(26)40)28-7-4-8-30(36(28)41)45-38-37-32(11-14-43-38)52-34(46-37)21-47-15-12-23(13-16-47)39(49)50/h3-8,11,14,17-18,23,25,42H,9-10,12-13,15-16,19-21H2,1-2H3,(H,43,45)(H,44,48)(H,49,50). The van der Waals surface area contributed by atoms with E-state index in [0.717, 1.165) is 73.9 Å². The molecule has 13 heteroatoms. The lowest BCUT2D eigenvalue weighted by molar-refractivity contribution is -0.143. The molecule has 0 aliphatic carbocycles. The Kier molecular flexibility index (Phi) is 11.0. The predicted octanol–water partition coefficient (Wildman–Crippen LogP) is 8.06. The highest BCUT2D eigenvalue weighted by Crippen LogP contribution is 2.43. The van der Waals surface area contributed by atoms with E-state index in [1.54, 1.807) is 24.6 Å². The first-order chi connectivity index (χ1) is 25.2. The number of carbonyl (C=O) groups excluding carboxylic acids is 1. The van der Waals surface area contributed by atoms with Crippen LogP contribution in [0.1, 0.15) is 41.8 Å². The second kappa shape index (κ2) is 15.8. The molecule has 4 N–H and O–H groups in total. The molecule has 2 saturated heterocycles. The SMILES string of the molecule is COc1cc(-c2cccc(-c3cccc(Nc4nccc5sc(CN6CCC(C(=O)O)CC6)nc45)c3Cl)c2Cl)cc(C)c1CNCC1CCC(=O)N1. The van der Waals surface area contributed by atoms with E-state index in [0.29, 0.717) is 60.4 Å². The number of hydrogen-bond acceptors (Lipinski definition) is 9. The van der Waals surface area contributed by atoms with Crippen LogP contribution in [0.2, 0.25) is 10.0 Å². The first-order valence-corrected chi connectivity index (χ1v) is 19.0. The summed E-state index contributed by atoms with van der Waals surface area (Å²) in [6.07, 6.45) is 4.49. The molecule has 0 saturated carbocycles. The normalized spacial score (nSPS) is 16.7. The Labute approximate surface area is 316 Å². The van der Waals surface area contributed by atoms with Crippen LogP contribution in [0.5, 0.6) is 5.75 Å². The third kappa shape index (κ3) is 7.74. The van der Waals surface area contributed by atoms with Gasteiger partial charge in [0.05, 0.1) is 40.0 Å². The number of anilines is 2. The fourth-order valence-corrected chi connectivity index (χ4v) is 8.69. The zero-order chi connectivity index (χ0) is 36.4. The highest BCUT2D eigenvalue weighted by molar-refractivity contribution is 7.18. The van der Waals surface area contributed by atoms with Gasteiger partial charge < -0.3 is 25.8 Å². The van der Waals surface area contributed by atoms with E-state index in [2.05, 4.69) is 38.8 Å². The number of piperidine rings is 1. The Morgan fingerprint density at radius 3 is 2.54 bits per heavy atom. The quantitative estimate of drug-likeness (QED) is 0.0999. The first-order valence-electron chi connectivity index (χ1n) is 17.4. The number of carbonyl (C=O) groups is 2. The largest absolute Gasteiger partial charge is 0.496 e. The van der Waals surface area contributed by atoms with Crippen molar-refractivity contribution < 1.29 is 19.4 Å². The van der Waals surface area contributed by atoms with Gasteiger partial charge in [0.15, 0.2) is 5.82 Å². The van der Waals surface area contributed by atoms with Crippen LogP contribution in [0.25, 0.3) is 32.5 Å². The molecule has 4 heterocycles. The maximum Gasteiger partial charge on any atom is 0.306 e. The van der Waals surface area contributed by atoms with Crippen LogP contribution in [-0.4, -0.2) is 64.6 Å². The summed E-state index contributed by atoms with van der Waals surface area (Å²) in [5, 5.41) is 21.3. The summed E-state index contributed by atoms with van der Waals surface area (Å²) in [7, 11) is 1.67. The number of amides is 1. The lowest BCUT2D eigenvalue weighted by atomic mass is 9.95. The lowest BCUT2D eigenvalue weighted by Gasteiger charge is -2.29. The highest BCUT2D eigenvalue weighted by Gasteiger charge is 2.26. The predicted molar refractivity (Wildman–Crippen MR) is 208 cm³/mol. The Morgan fingerprint density at radius 2 is 1.81 bits per heavy atom. The monoisotopic (exact) mass is 758 g/mol. The van der Waals surface area contributed by atoms with Crippen molar-refractivity contribution in [1.29, 1.82) is 0 Å². The van der Waals surface area contributed by atoms with Crippen molar-refractivity contribution in [2.75, 3.05) is 32.1 Å². The van der Waals surface area contributed by atoms with Gasteiger partial charge in [0.1, 0.15) is 16.3 Å². The number of rotatable bonds is 12. The molecule has 0 radical (unpaired) electrons. The third-order valence-corrected chi connectivity index (χ3v) is 11.7. The van der Waals surface area contributed by atoms with Gasteiger partial charge in [-0.05, 0) is 68.6 Å². The van der Waals surface area contributed by atoms with Crippen LogP contribution in [0.4, 0.5) is 11.5 Å². The fraction of sp³-hybridized carbons (Fsp3) is 0.333. The van der Waals surface area contributed by atoms with Crippen LogP contribution < -0.4 is 20.7 Å². The molecule has 5 aromatic rings. The van der Waals surface area contributed by atoms with Crippen molar-refractivity contribution in [2.24, 2.45) is 5.92 Å². The van der Waals surface area contributed by atoms with Gasteiger partial charge in [0.25, 0.3) is 0 Å². The average Bonchev–Trinajstić information content (AvgIpc) is 3.75. The van der Waals surface area contributed by atoms with E-state index in [9.17, 15) is 14.7 Å². The van der Waals surface area contributed by atoms with Crippen LogP contribution in [0.15, 0.2) is 60.8 Å². The summed E-state index contributed by atoms with van der Waals surface area (Å²) in [6, 6.07) is 18.0. The molecule has 2 aromatic heterocycles. The van der Waals surface area contributed by atoms with Crippen LogP contribution >= 0.6 is 34.5 Å². The zero-order valence-electron chi connectivity index (χ0n) is 29.0. The molecule has 2 aliphatic heterocycles. The maximum atomic E-state index is 11.6. The topological polar surface area (TPSA) is 129 Å². The molecule has 1 unspecified atom stereocenters. The number of nitrogens with zero attached hydrogens (tertiary/aromatic N) is 3. The number of pyridine rings is 1. The number of carboxylic acids is 1. The molecule has 0 spiro atoms. The molecule has 1 amide bonds. The van der Waals surface area contributed by atoms with E-state index in [-0.39, 0.29) is 17.9 Å². The van der Waals surface area contributed by atoms with Gasteiger partial charge in [-0.2, -0.15) is 0 Å². The number of ether oxygens (including phenoxy) is 1.